The molecule has 21 heavy (non-hydrogen) atoms. The monoisotopic (exact) mass is 296 g/mol. The molecule has 0 aliphatic heterocycles. The van der Waals surface area contributed by atoms with Gasteiger partial charge in [-0.05, 0) is 37.5 Å². The van der Waals surface area contributed by atoms with Crippen molar-refractivity contribution in [3.63, 3.8) is 0 Å². The molecule has 1 fully saturated rings. The lowest BCUT2D eigenvalue weighted by molar-refractivity contribution is -0.140. The van der Waals surface area contributed by atoms with Crippen molar-refractivity contribution >= 4 is 11.6 Å². The summed E-state index contributed by atoms with van der Waals surface area (Å²) in [4.78, 5) is 14.2. The predicted octanol–water partition coefficient (Wildman–Crippen LogP) is 3.44. The van der Waals surface area contributed by atoms with E-state index < -0.39 is 5.92 Å². The zero-order chi connectivity index (χ0) is 15.5. The minimum atomic E-state index is -2.60. The molecule has 2 rings (SSSR count). The molecule has 5 heteroatoms. The number of hydrogen-bond donors (Lipinski definition) is 1. The molecular formula is C16H22F2N2O. The van der Waals surface area contributed by atoms with Crippen molar-refractivity contribution in [2.75, 3.05) is 12.3 Å². The first-order valence-electron chi connectivity index (χ1n) is 7.42. The highest BCUT2D eigenvalue weighted by Gasteiger charge is 2.38. The van der Waals surface area contributed by atoms with Gasteiger partial charge in [-0.3, -0.25) is 4.79 Å². The second kappa shape index (κ2) is 6.41. The Bertz CT molecular complexity index is 495. The summed E-state index contributed by atoms with van der Waals surface area (Å²) < 4.78 is 26.4. The van der Waals surface area contributed by atoms with Gasteiger partial charge in [0.15, 0.2) is 0 Å². The van der Waals surface area contributed by atoms with Gasteiger partial charge in [0, 0.05) is 37.5 Å². The van der Waals surface area contributed by atoms with Crippen LogP contribution >= 0.6 is 0 Å². The number of amides is 1. The van der Waals surface area contributed by atoms with Crippen LogP contribution in [0.15, 0.2) is 24.3 Å². The van der Waals surface area contributed by atoms with Gasteiger partial charge in [0.05, 0.1) is 0 Å². The molecule has 1 aromatic rings. The van der Waals surface area contributed by atoms with Crippen molar-refractivity contribution in [1.82, 2.24) is 4.90 Å². The van der Waals surface area contributed by atoms with E-state index in [9.17, 15) is 13.6 Å². The van der Waals surface area contributed by atoms with Crippen LogP contribution in [-0.2, 0) is 11.3 Å². The summed E-state index contributed by atoms with van der Waals surface area (Å²) in [5, 5.41) is 0. The van der Waals surface area contributed by atoms with Gasteiger partial charge in [-0.2, -0.15) is 0 Å². The highest BCUT2D eigenvalue weighted by molar-refractivity contribution is 5.79. The number of carbonyl (C=O) groups excluding carboxylic acids is 1. The largest absolute Gasteiger partial charge is 0.399 e. The second-order valence-electron chi connectivity index (χ2n) is 5.73. The topological polar surface area (TPSA) is 46.3 Å². The fraction of sp³-hybridized carbons (Fsp3) is 0.562. The quantitative estimate of drug-likeness (QED) is 0.865. The van der Waals surface area contributed by atoms with Crippen molar-refractivity contribution in [2.24, 2.45) is 5.92 Å². The lowest BCUT2D eigenvalue weighted by Gasteiger charge is -2.31. The first-order chi connectivity index (χ1) is 9.91. The predicted molar refractivity (Wildman–Crippen MR) is 78.9 cm³/mol. The summed E-state index contributed by atoms with van der Waals surface area (Å²) in [6.45, 7) is 2.95. The highest BCUT2D eigenvalue weighted by atomic mass is 19.3. The molecule has 1 amide bonds. The van der Waals surface area contributed by atoms with Crippen LogP contribution in [0, 0.1) is 5.92 Å². The molecule has 1 aliphatic carbocycles. The van der Waals surface area contributed by atoms with Crippen molar-refractivity contribution < 1.29 is 13.6 Å². The number of nitrogen functional groups attached to an aromatic ring is 1. The van der Waals surface area contributed by atoms with E-state index in [0.717, 1.165) is 5.56 Å². The smallest absolute Gasteiger partial charge is 0.248 e. The molecule has 3 nitrogen and oxygen atoms in total. The molecule has 2 N–H and O–H groups in total. The Labute approximate surface area is 124 Å². The van der Waals surface area contributed by atoms with Crippen LogP contribution in [0.3, 0.4) is 0 Å². The van der Waals surface area contributed by atoms with Crippen LogP contribution in [0.4, 0.5) is 14.5 Å². The summed E-state index contributed by atoms with van der Waals surface area (Å²) in [7, 11) is 0. The molecule has 0 radical (unpaired) electrons. The van der Waals surface area contributed by atoms with E-state index in [4.69, 9.17) is 5.73 Å². The Kier molecular flexibility index (Phi) is 4.80. The Balaban J connectivity index is 1.99. The van der Waals surface area contributed by atoms with Gasteiger partial charge in [-0.1, -0.05) is 12.1 Å². The number of nitrogens with zero attached hydrogens (tertiary/aromatic N) is 1. The van der Waals surface area contributed by atoms with Crippen LogP contribution in [0.2, 0.25) is 0 Å². The van der Waals surface area contributed by atoms with Crippen LogP contribution in [-0.4, -0.2) is 23.3 Å². The second-order valence-corrected chi connectivity index (χ2v) is 5.73. The third kappa shape index (κ3) is 4.16. The van der Waals surface area contributed by atoms with Gasteiger partial charge >= 0.3 is 0 Å². The van der Waals surface area contributed by atoms with Crippen molar-refractivity contribution in [2.45, 2.75) is 45.1 Å². The molecule has 0 atom stereocenters. The maximum Gasteiger partial charge on any atom is 0.248 e. The maximum atomic E-state index is 13.2. The number of halogens is 2. The molecule has 0 aromatic heterocycles. The lowest BCUT2D eigenvalue weighted by Crippen LogP contribution is -2.39. The van der Waals surface area contributed by atoms with Crippen LogP contribution < -0.4 is 5.73 Å². The Morgan fingerprint density at radius 3 is 2.62 bits per heavy atom. The first-order valence-corrected chi connectivity index (χ1v) is 7.42. The molecule has 1 aromatic carbocycles. The number of hydrogen-bond acceptors (Lipinski definition) is 2. The lowest BCUT2D eigenvalue weighted by atomic mass is 9.86. The van der Waals surface area contributed by atoms with E-state index in [1.54, 1.807) is 11.0 Å². The summed E-state index contributed by atoms with van der Waals surface area (Å²) in [5.74, 6) is -2.89. The Hall–Kier alpha value is -1.65. The summed E-state index contributed by atoms with van der Waals surface area (Å²) in [5.41, 5.74) is 7.36. The van der Waals surface area contributed by atoms with Gasteiger partial charge in [0.1, 0.15) is 0 Å². The minimum absolute atomic E-state index is 0.0181. The van der Waals surface area contributed by atoms with Crippen LogP contribution in [0.5, 0.6) is 0 Å². The Morgan fingerprint density at radius 1 is 1.38 bits per heavy atom. The number of anilines is 1. The van der Waals surface area contributed by atoms with E-state index in [2.05, 4.69) is 0 Å². The number of nitrogens with two attached hydrogens (primary N) is 1. The number of rotatable bonds is 4. The Morgan fingerprint density at radius 2 is 2.05 bits per heavy atom. The molecule has 0 spiro atoms. The third-order valence-corrected chi connectivity index (χ3v) is 4.08. The summed E-state index contributed by atoms with van der Waals surface area (Å²) >= 11 is 0. The maximum absolute atomic E-state index is 13.2. The molecular weight excluding hydrogens is 274 g/mol. The zero-order valence-corrected chi connectivity index (χ0v) is 12.3. The average Bonchev–Trinajstić information content (AvgIpc) is 2.44. The van der Waals surface area contributed by atoms with E-state index in [1.165, 1.54) is 0 Å². The van der Waals surface area contributed by atoms with Crippen LogP contribution in [0.1, 0.15) is 38.2 Å². The van der Waals surface area contributed by atoms with Gasteiger partial charge in [0.25, 0.3) is 0 Å². The van der Waals surface area contributed by atoms with Gasteiger partial charge in [-0.25, -0.2) is 8.78 Å². The molecule has 0 saturated heterocycles. The van der Waals surface area contributed by atoms with E-state index in [0.29, 0.717) is 18.8 Å². The minimum Gasteiger partial charge on any atom is -0.399 e. The number of alkyl halides is 2. The SMILES string of the molecule is CCN(Cc1cccc(N)c1)C(=O)C1CCC(F)(F)CC1. The van der Waals surface area contributed by atoms with Crippen molar-refractivity contribution in [3.8, 4) is 0 Å². The van der Waals surface area contributed by atoms with E-state index in [1.807, 2.05) is 25.1 Å². The van der Waals surface area contributed by atoms with Gasteiger partial charge < -0.3 is 10.6 Å². The van der Waals surface area contributed by atoms with Crippen molar-refractivity contribution in [3.05, 3.63) is 29.8 Å². The molecule has 116 valence electrons. The van der Waals surface area contributed by atoms with Gasteiger partial charge in [0.2, 0.25) is 11.8 Å². The van der Waals surface area contributed by atoms with E-state index in [-0.39, 0.29) is 37.5 Å². The van der Waals surface area contributed by atoms with Crippen LogP contribution in [0.25, 0.3) is 0 Å². The fourth-order valence-corrected chi connectivity index (χ4v) is 2.80. The standard InChI is InChI=1S/C16H22F2N2O/c1-2-20(11-12-4-3-5-14(19)10-12)15(21)13-6-8-16(17,18)9-7-13/h3-5,10,13H,2,6-9,11,19H2,1H3. The fourth-order valence-electron chi connectivity index (χ4n) is 2.80. The van der Waals surface area contributed by atoms with Crippen molar-refractivity contribution in [1.29, 1.82) is 0 Å². The zero-order valence-electron chi connectivity index (χ0n) is 12.3. The normalized spacial score (nSPS) is 18.4. The summed E-state index contributed by atoms with van der Waals surface area (Å²) in [6, 6.07) is 7.40. The molecule has 0 unspecified atom stereocenters. The highest BCUT2D eigenvalue weighted by Crippen LogP contribution is 2.37. The summed E-state index contributed by atoms with van der Waals surface area (Å²) in [6.07, 6.45) is 0.191. The number of benzene rings is 1. The number of carbonyl (C=O) groups is 1. The third-order valence-electron chi connectivity index (χ3n) is 4.08. The molecule has 1 aliphatic rings. The van der Waals surface area contributed by atoms with E-state index >= 15 is 0 Å². The molecule has 0 bridgehead atoms. The van der Waals surface area contributed by atoms with Gasteiger partial charge in [-0.15, -0.1) is 0 Å². The average molecular weight is 296 g/mol. The first kappa shape index (κ1) is 15.7. The molecule has 0 heterocycles. The molecule has 1 saturated carbocycles.